The van der Waals surface area contributed by atoms with E-state index in [0.717, 1.165) is 6.07 Å². The normalized spacial score (nSPS) is 14.0. The van der Waals surface area contributed by atoms with Crippen molar-refractivity contribution in [2.45, 2.75) is 9.79 Å². The highest BCUT2D eigenvalue weighted by atomic mass is 32.2. The van der Waals surface area contributed by atoms with E-state index in [1.165, 1.54) is 24.3 Å². The van der Waals surface area contributed by atoms with Crippen molar-refractivity contribution < 1.29 is 31.2 Å². The summed E-state index contributed by atoms with van der Waals surface area (Å²) in [6.07, 6.45) is 0. The molecule has 0 saturated carbocycles. The van der Waals surface area contributed by atoms with Gasteiger partial charge in [-0.1, -0.05) is 18.2 Å². The number of nitrogens with two attached hydrogens (primary N) is 2. The largest absolute Gasteiger partial charge is 0.474 e. The molecular weight excluding hydrogens is 490 g/mol. The summed E-state index contributed by atoms with van der Waals surface area (Å²) in [5.74, 6) is -2.17. The van der Waals surface area contributed by atoms with Crippen LogP contribution in [0.5, 0.6) is 0 Å². The van der Waals surface area contributed by atoms with Gasteiger partial charge in [-0.15, -0.1) is 5.11 Å². The third-order valence-electron chi connectivity index (χ3n) is 4.70. The van der Waals surface area contributed by atoms with E-state index in [-0.39, 0.29) is 53.4 Å². The molecular formula is C18H17N7O7S2. The van der Waals surface area contributed by atoms with Crippen molar-refractivity contribution >= 4 is 43.0 Å². The Kier molecular flexibility index (Phi) is 6.00. The van der Waals surface area contributed by atoms with Crippen LogP contribution in [0.2, 0.25) is 0 Å². The molecule has 0 amide bonds. The van der Waals surface area contributed by atoms with E-state index >= 15 is 0 Å². The number of primary sulfonamides is 1. The van der Waals surface area contributed by atoms with Crippen molar-refractivity contribution in [1.82, 2.24) is 9.71 Å². The first-order valence-corrected chi connectivity index (χ1v) is 12.5. The highest BCUT2D eigenvalue weighted by molar-refractivity contribution is 7.92. The van der Waals surface area contributed by atoms with Crippen molar-refractivity contribution in [2.75, 3.05) is 19.8 Å². The fourth-order valence-electron chi connectivity index (χ4n) is 3.39. The second-order valence-corrected chi connectivity index (χ2v) is 10.1. The molecule has 2 heterocycles. The van der Waals surface area contributed by atoms with Gasteiger partial charge in [0, 0.05) is 18.7 Å². The fraction of sp³-hybridized carbons (Fsp3) is 0.167. The average molecular weight is 508 g/mol. The first kappa shape index (κ1) is 23.6. The summed E-state index contributed by atoms with van der Waals surface area (Å²) < 4.78 is 58.6. The van der Waals surface area contributed by atoms with Crippen LogP contribution in [-0.4, -0.2) is 58.5 Å². The summed E-state index contributed by atoms with van der Waals surface area (Å²) in [5.41, 5.74) is 5.69. The minimum atomic E-state index is -4.67. The van der Waals surface area contributed by atoms with Crippen LogP contribution in [0, 0.1) is 0 Å². The summed E-state index contributed by atoms with van der Waals surface area (Å²) in [6, 6.07) is 6.90. The molecule has 2 aromatic carbocycles. The monoisotopic (exact) mass is 507 g/mol. The van der Waals surface area contributed by atoms with Crippen LogP contribution < -0.4 is 15.6 Å². The lowest BCUT2D eigenvalue weighted by molar-refractivity contribution is 0.0656. The van der Waals surface area contributed by atoms with Crippen molar-refractivity contribution in [2.24, 2.45) is 26.1 Å². The zero-order chi connectivity index (χ0) is 24.7. The topological polar surface area (TPSA) is 233 Å². The number of nitrogens with zero attached hydrogens (tertiary/aromatic N) is 4. The quantitative estimate of drug-likeness (QED) is 0.326. The Morgan fingerprint density at radius 2 is 1.91 bits per heavy atom. The summed E-state index contributed by atoms with van der Waals surface area (Å²) >= 11 is 0. The van der Waals surface area contributed by atoms with E-state index in [9.17, 15) is 26.7 Å². The Morgan fingerprint density at radius 3 is 2.53 bits per heavy atom. The first-order valence-electron chi connectivity index (χ1n) is 9.49. The molecule has 0 fully saturated rings. The third kappa shape index (κ3) is 4.19. The highest BCUT2D eigenvalue weighted by Crippen LogP contribution is 2.37. The second-order valence-electron chi connectivity index (χ2n) is 6.89. The number of aliphatic imine (C=N–C) groups is 1. The number of nitrogens with one attached hydrogen (secondary N) is 1. The third-order valence-corrected chi connectivity index (χ3v) is 7.32. The van der Waals surface area contributed by atoms with Gasteiger partial charge in [0.1, 0.15) is 15.3 Å². The molecule has 0 bridgehead atoms. The molecule has 178 valence electrons. The minimum Gasteiger partial charge on any atom is -0.474 e. The lowest BCUT2D eigenvalue weighted by atomic mass is 9.97. The number of carbonyl (C=O) groups is 1. The molecule has 0 spiro atoms. The number of benzene rings is 2. The van der Waals surface area contributed by atoms with Gasteiger partial charge in [-0.3, -0.25) is 0 Å². The number of para-hydroxylation sites is 1. The Labute approximate surface area is 192 Å². The number of hydrogen-bond acceptors (Lipinski definition) is 11. The molecule has 0 aliphatic carbocycles. The van der Waals surface area contributed by atoms with E-state index in [0.29, 0.717) is 0 Å². The van der Waals surface area contributed by atoms with Crippen molar-refractivity contribution in [3.05, 3.63) is 41.8 Å². The average Bonchev–Trinajstić information content (AvgIpc) is 3.46. The minimum absolute atomic E-state index is 0.0319. The van der Waals surface area contributed by atoms with Gasteiger partial charge >= 0.3 is 11.9 Å². The van der Waals surface area contributed by atoms with Crippen LogP contribution in [0.4, 0.5) is 0 Å². The molecule has 3 aromatic rings. The molecule has 1 aliphatic heterocycles. The summed E-state index contributed by atoms with van der Waals surface area (Å²) in [5, 5.41) is 22.3. The Bertz CT molecular complexity index is 1590. The molecule has 0 unspecified atom stereocenters. The van der Waals surface area contributed by atoms with Crippen LogP contribution in [0.1, 0.15) is 16.2 Å². The standard InChI is InChI=1S/C18H17N7O7S2/c19-6-7-23-34(30,31)12-5-4-9(13(15(12)33(20,28)29)16-21-8-22-25-16)10-2-1-3-11-14(10)24-17(32-11)18(26)27/h1-5,23H,6-8,19H2,(H,26,27)(H2,20,28,29). The number of aromatic carboxylic acids is 1. The predicted octanol–water partition coefficient (Wildman–Crippen LogP) is 0.247. The zero-order valence-corrected chi connectivity index (χ0v) is 18.8. The summed E-state index contributed by atoms with van der Waals surface area (Å²) in [6.45, 7) is -0.297. The Morgan fingerprint density at radius 1 is 1.15 bits per heavy atom. The molecule has 14 nitrogen and oxygen atoms in total. The van der Waals surface area contributed by atoms with E-state index in [1.807, 2.05) is 0 Å². The number of fused-ring (bicyclic) bond motifs is 1. The number of carboxylic acid groups (broad SMARTS) is 1. The summed E-state index contributed by atoms with van der Waals surface area (Å²) in [7, 11) is -9.04. The zero-order valence-electron chi connectivity index (χ0n) is 17.2. The molecule has 4 rings (SSSR count). The summed E-state index contributed by atoms with van der Waals surface area (Å²) in [4.78, 5) is 18.0. The van der Waals surface area contributed by atoms with Gasteiger partial charge in [0.2, 0.25) is 20.0 Å². The van der Waals surface area contributed by atoms with E-state index in [2.05, 4.69) is 24.9 Å². The molecule has 0 saturated heterocycles. The van der Waals surface area contributed by atoms with Crippen molar-refractivity contribution in [1.29, 1.82) is 0 Å². The van der Waals surface area contributed by atoms with Gasteiger partial charge in [0.05, 0.1) is 5.56 Å². The van der Waals surface area contributed by atoms with E-state index in [4.69, 9.17) is 15.3 Å². The van der Waals surface area contributed by atoms with Gasteiger partial charge in [0.25, 0.3) is 0 Å². The van der Waals surface area contributed by atoms with Crippen molar-refractivity contribution in [3.8, 4) is 11.1 Å². The van der Waals surface area contributed by atoms with E-state index in [1.54, 1.807) is 0 Å². The number of sulfonamides is 2. The predicted molar refractivity (Wildman–Crippen MR) is 118 cm³/mol. The first-order chi connectivity index (χ1) is 16.0. The number of rotatable bonds is 8. The number of aromatic nitrogens is 1. The molecule has 34 heavy (non-hydrogen) atoms. The van der Waals surface area contributed by atoms with E-state index < -0.39 is 41.7 Å². The Hall–Kier alpha value is -3.57. The number of oxazole rings is 1. The van der Waals surface area contributed by atoms with Crippen LogP contribution >= 0.6 is 0 Å². The lowest BCUT2D eigenvalue weighted by Gasteiger charge is -2.17. The van der Waals surface area contributed by atoms with Gasteiger partial charge in [0.15, 0.2) is 18.1 Å². The maximum atomic E-state index is 12.9. The lowest BCUT2D eigenvalue weighted by Crippen LogP contribution is -2.31. The van der Waals surface area contributed by atoms with Crippen LogP contribution in [0.15, 0.2) is 59.8 Å². The molecule has 0 atom stereocenters. The van der Waals surface area contributed by atoms with Gasteiger partial charge in [-0.25, -0.2) is 41.5 Å². The van der Waals surface area contributed by atoms with Gasteiger partial charge in [-0.2, -0.15) is 5.11 Å². The molecule has 0 radical (unpaired) electrons. The smallest absolute Gasteiger partial charge is 0.392 e. The molecule has 16 heteroatoms. The SMILES string of the molecule is NCCNS(=O)(=O)c1ccc(-c2cccc3oc(C(=O)O)nc23)c(C2=NCN=N2)c1S(N)(=O)=O. The number of carboxylic acids is 1. The number of azo groups is 1. The number of hydrogen-bond donors (Lipinski definition) is 4. The molecule has 6 N–H and O–H groups in total. The van der Waals surface area contributed by atoms with Gasteiger partial charge < -0.3 is 15.3 Å². The van der Waals surface area contributed by atoms with Crippen LogP contribution in [0.25, 0.3) is 22.2 Å². The highest BCUT2D eigenvalue weighted by Gasteiger charge is 2.33. The number of amidine groups is 1. The molecule has 1 aliphatic rings. The Balaban J connectivity index is 2.11. The maximum absolute atomic E-state index is 12.9. The second kappa shape index (κ2) is 8.65. The molecule has 1 aromatic heterocycles. The maximum Gasteiger partial charge on any atom is 0.392 e. The van der Waals surface area contributed by atoms with Crippen LogP contribution in [-0.2, 0) is 20.0 Å². The van der Waals surface area contributed by atoms with Crippen LogP contribution in [0.3, 0.4) is 0 Å². The fourth-order valence-corrected chi connectivity index (χ4v) is 6.04. The van der Waals surface area contributed by atoms with Gasteiger partial charge in [-0.05, 0) is 17.7 Å². The van der Waals surface area contributed by atoms with Crippen molar-refractivity contribution in [3.63, 3.8) is 0 Å².